The average Bonchev–Trinajstić information content (AvgIpc) is 3.05. The third kappa shape index (κ3) is 9.23. The Balaban J connectivity index is 2.44. The van der Waals surface area contributed by atoms with Crippen LogP contribution in [-0.2, 0) is 14.3 Å². The maximum Gasteiger partial charge on any atom is 0.305 e. The van der Waals surface area contributed by atoms with E-state index in [0.717, 1.165) is 32.1 Å². The highest BCUT2D eigenvalue weighted by molar-refractivity contribution is 5.79. The Labute approximate surface area is 169 Å². The molecule has 0 saturated carbocycles. The standard InChI is InChI=1S/C23H35NO4/c1-4-5-6-9-12-19(2)21(25)16-14-20-15-17-22(26)24(20)18-11-8-7-10-13-23(27)28-3/h8,11,14,16,19-21,25H,4-5,7,10,12-13,15,17-18H2,1-3H3/b11-8+,16-14+/t19-,20-,21+/m0/s1. The molecule has 1 saturated heterocycles. The molecule has 0 spiro atoms. The number of rotatable bonds is 11. The van der Waals surface area contributed by atoms with Gasteiger partial charge in [-0.3, -0.25) is 9.59 Å². The molecule has 3 atom stereocenters. The lowest BCUT2D eigenvalue weighted by molar-refractivity contribution is -0.140. The predicted molar refractivity (Wildman–Crippen MR) is 111 cm³/mol. The summed E-state index contributed by atoms with van der Waals surface area (Å²) in [5, 5.41) is 10.3. The third-order valence-corrected chi connectivity index (χ3v) is 4.86. The van der Waals surface area contributed by atoms with E-state index in [1.165, 1.54) is 7.11 Å². The lowest BCUT2D eigenvalue weighted by Crippen LogP contribution is -2.32. The monoisotopic (exact) mass is 389 g/mol. The molecule has 0 aliphatic carbocycles. The van der Waals surface area contributed by atoms with Crippen LogP contribution in [0.15, 0.2) is 24.3 Å². The molecule has 1 fully saturated rings. The number of hydrogen-bond acceptors (Lipinski definition) is 4. The van der Waals surface area contributed by atoms with Crippen molar-refractivity contribution in [3.05, 3.63) is 24.3 Å². The molecule has 5 heteroatoms. The predicted octanol–water partition coefficient (Wildman–Crippen LogP) is 3.62. The molecule has 0 radical (unpaired) electrons. The first-order valence-corrected chi connectivity index (χ1v) is 10.3. The number of carbonyl (C=O) groups excluding carboxylic acids is 2. The molecule has 5 nitrogen and oxygen atoms in total. The molecule has 1 aliphatic rings. The topological polar surface area (TPSA) is 66.8 Å². The fourth-order valence-corrected chi connectivity index (χ4v) is 2.96. The number of amides is 1. The molecular weight excluding hydrogens is 354 g/mol. The number of aliphatic hydroxyl groups excluding tert-OH is 1. The molecular formula is C23H35NO4. The molecule has 1 aliphatic heterocycles. The van der Waals surface area contributed by atoms with Crippen LogP contribution in [0.25, 0.3) is 0 Å². The number of carbonyl (C=O) groups is 2. The molecule has 0 aromatic carbocycles. The summed E-state index contributed by atoms with van der Waals surface area (Å²) in [5.41, 5.74) is 0. The summed E-state index contributed by atoms with van der Waals surface area (Å²) < 4.78 is 4.61. The van der Waals surface area contributed by atoms with Gasteiger partial charge in [-0.1, -0.05) is 38.2 Å². The summed E-state index contributed by atoms with van der Waals surface area (Å²) in [7, 11) is 1.39. The van der Waals surface area contributed by atoms with Crippen molar-refractivity contribution < 1.29 is 19.4 Å². The van der Waals surface area contributed by atoms with Crippen molar-refractivity contribution in [2.45, 2.75) is 77.4 Å². The Morgan fingerprint density at radius 3 is 2.89 bits per heavy atom. The molecule has 28 heavy (non-hydrogen) atoms. The number of unbranched alkanes of at least 4 members (excludes halogenated alkanes) is 2. The summed E-state index contributed by atoms with van der Waals surface area (Å²) in [5.74, 6) is 6.24. The van der Waals surface area contributed by atoms with Crippen molar-refractivity contribution in [1.29, 1.82) is 0 Å². The van der Waals surface area contributed by atoms with E-state index in [4.69, 9.17) is 0 Å². The van der Waals surface area contributed by atoms with E-state index in [-0.39, 0.29) is 23.8 Å². The van der Waals surface area contributed by atoms with Crippen molar-refractivity contribution in [1.82, 2.24) is 4.90 Å². The highest BCUT2D eigenvalue weighted by atomic mass is 16.5. The van der Waals surface area contributed by atoms with Gasteiger partial charge in [0, 0.05) is 32.2 Å². The van der Waals surface area contributed by atoms with Crippen LogP contribution in [0.2, 0.25) is 0 Å². The van der Waals surface area contributed by atoms with Gasteiger partial charge in [0.2, 0.25) is 5.91 Å². The summed E-state index contributed by atoms with van der Waals surface area (Å²) in [6.45, 7) is 4.65. The van der Waals surface area contributed by atoms with Crippen molar-refractivity contribution in [3.8, 4) is 11.8 Å². The number of nitrogens with zero attached hydrogens (tertiary/aromatic N) is 1. The lowest BCUT2D eigenvalue weighted by Gasteiger charge is -2.21. The summed E-state index contributed by atoms with van der Waals surface area (Å²) in [6.07, 6.45) is 13.1. The zero-order chi connectivity index (χ0) is 20.8. The van der Waals surface area contributed by atoms with Crippen LogP contribution < -0.4 is 0 Å². The summed E-state index contributed by atoms with van der Waals surface area (Å²) in [4.78, 5) is 25.0. The van der Waals surface area contributed by atoms with Gasteiger partial charge in [-0.15, -0.1) is 11.8 Å². The average molecular weight is 390 g/mol. The fraction of sp³-hybridized carbons (Fsp3) is 0.652. The molecule has 0 aromatic rings. The minimum Gasteiger partial charge on any atom is -0.469 e. The van der Waals surface area contributed by atoms with Gasteiger partial charge >= 0.3 is 5.97 Å². The molecule has 156 valence electrons. The van der Waals surface area contributed by atoms with Crippen LogP contribution >= 0.6 is 0 Å². The lowest BCUT2D eigenvalue weighted by atomic mass is 10.00. The van der Waals surface area contributed by atoms with Gasteiger partial charge in [0.05, 0.1) is 19.3 Å². The largest absolute Gasteiger partial charge is 0.469 e. The number of allylic oxidation sites excluding steroid dienone is 1. The van der Waals surface area contributed by atoms with E-state index in [1.54, 1.807) is 0 Å². The van der Waals surface area contributed by atoms with Crippen LogP contribution in [0, 0.1) is 17.8 Å². The number of hydrogen-bond donors (Lipinski definition) is 1. The zero-order valence-electron chi connectivity index (χ0n) is 17.5. The van der Waals surface area contributed by atoms with Gasteiger partial charge in [-0.2, -0.15) is 0 Å². The Morgan fingerprint density at radius 1 is 1.39 bits per heavy atom. The molecule has 1 rings (SSSR count). The summed E-state index contributed by atoms with van der Waals surface area (Å²) in [6, 6.07) is 0.0280. The molecule has 1 amide bonds. The van der Waals surface area contributed by atoms with Gasteiger partial charge in [0.1, 0.15) is 0 Å². The Kier molecular flexibility index (Phi) is 12.0. The SMILES string of the molecule is CCCC#CC[C@H](C)[C@H](O)/C=C/[C@H]1CCC(=O)N1C/C=C/CCCC(=O)OC. The number of ether oxygens (including phenoxy) is 1. The van der Waals surface area contributed by atoms with Gasteiger partial charge < -0.3 is 14.7 Å². The van der Waals surface area contributed by atoms with E-state index in [2.05, 4.69) is 23.5 Å². The van der Waals surface area contributed by atoms with Gasteiger partial charge in [0.25, 0.3) is 0 Å². The van der Waals surface area contributed by atoms with Crippen LogP contribution in [0.1, 0.15) is 65.2 Å². The van der Waals surface area contributed by atoms with Crippen molar-refractivity contribution >= 4 is 11.9 Å². The van der Waals surface area contributed by atoms with Crippen molar-refractivity contribution in [2.75, 3.05) is 13.7 Å². The van der Waals surface area contributed by atoms with E-state index >= 15 is 0 Å². The molecule has 0 unspecified atom stereocenters. The van der Waals surface area contributed by atoms with Crippen LogP contribution in [-0.4, -0.2) is 47.7 Å². The molecule has 1 N–H and O–H groups in total. The highest BCUT2D eigenvalue weighted by Gasteiger charge is 2.28. The minimum absolute atomic E-state index is 0.0280. The quantitative estimate of drug-likeness (QED) is 0.254. The Morgan fingerprint density at radius 2 is 2.18 bits per heavy atom. The molecule has 1 heterocycles. The Hall–Kier alpha value is -2.06. The zero-order valence-corrected chi connectivity index (χ0v) is 17.5. The second-order valence-corrected chi connectivity index (χ2v) is 7.25. The van der Waals surface area contributed by atoms with E-state index < -0.39 is 6.10 Å². The second-order valence-electron chi connectivity index (χ2n) is 7.25. The second kappa shape index (κ2) is 14.0. The van der Waals surface area contributed by atoms with Gasteiger partial charge in [-0.05, 0) is 31.6 Å². The van der Waals surface area contributed by atoms with E-state index in [1.807, 2.05) is 36.1 Å². The number of esters is 1. The number of methoxy groups -OCH3 is 1. The third-order valence-electron chi connectivity index (χ3n) is 4.86. The minimum atomic E-state index is -0.553. The highest BCUT2D eigenvalue weighted by Crippen LogP contribution is 2.21. The number of aliphatic hydroxyl groups is 1. The van der Waals surface area contributed by atoms with Crippen molar-refractivity contribution in [3.63, 3.8) is 0 Å². The normalized spacial score (nSPS) is 19.1. The first kappa shape index (κ1) is 24.0. The Bertz CT molecular complexity index is 599. The molecule has 0 bridgehead atoms. The van der Waals surface area contributed by atoms with Crippen LogP contribution in [0.4, 0.5) is 0 Å². The smallest absolute Gasteiger partial charge is 0.305 e. The fourth-order valence-electron chi connectivity index (χ4n) is 2.96. The maximum absolute atomic E-state index is 12.1. The van der Waals surface area contributed by atoms with E-state index in [9.17, 15) is 14.7 Å². The summed E-state index contributed by atoms with van der Waals surface area (Å²) >= 11 is 0. The van der Waals surface area contributed by atoms with Gasteiger partial charge in [-0.25, -0.2) is 0 Å². The first-order valence-electron chi connectivity index (χ1n) is 10.3. The molecule has 0 aromatic heterocycles. The van der Waals surface area contributed by atoms with E-state index in [0.29, 0.717) is 25.8 Å². The van der Waals surface area contributed by atoms with Crippen LogP contribution in [0.3, 0.4) is 0 Å². The maximum atomic E-state index is 12.1. The van der Waals surface area contributed by atoms with Crippen molar-refractivity contribution in [2.24, 2.45) is 5.92 Å². The van der Waals surface area contributed by atoms with Crippen LogP contribution in [0.5, 0.6) is 0 Å². The first-order chi connectivity index (χ1) is 13.5. The number of likely N-dealkylation sites (tertiary alicyclic amines) is 1. The van der Waals surface area contributed by atoms with Gasteiger partial charge in [0.15, 0.2) is 0 Å².